The second kappa shape index (κ2) is 15.5. The van der Waals surface area contributed by atoms with E-state index in [1.807, 2.05) is 6.08 Å². The summed E-state index contributed by atoms with van der Waals surface area (Å²) >= 11 is 0. The highest BCUT2D eigenvalue weighted by Gasteiger charge is 2.02. The number of hydrogen-bond donors (Lipinski definition) is 1. The molecule has 0 heterocycles. The Hall–Kier alpha value is -0.350. The molecular formula is C18H36O3S. The highest BCUT2D eigenvalue weighted by molar-refractivity contribution is 7.85. The van der Waals surface area contributed by atoms with E-state index in [4.69, 9.17) is 4.55 Å². The Labute approximate surface area is 138 Å². The summed E-state index contributed by atoms with van der Waals surface area (Å²) in [5, 5.41) is 0. The molecule has 0 aliphatic rings. The van der Waals surface area contributed by atoms with Crippen LogP contribution in [0.5, 0.6) is 0 Å². The first-order valence-corrected chi connectivity index (χ1v) is 10.7. The summed E-state index contributed by atoms with van der Waals surface area (Å²) in [6, 6.07) is 0. The molecule has 0 rings (SSSR count). The molecule has 3 nitrogen and oxygen atoms in total. The third kappa shape index (κ3) is 19.7. The van der Waals surface area contributed by atoms with Crippen LogP contribution in [0.3, 0.4) is 0 Å². The minimum atomic E-state index is -3.75. The maximum absolute atomic E-state index is 10.5. The van der Waals surface area contributed by atoms with Crippen LogP contribution in [0.1, 0.15) is 96.3 Å². The molecule has 1 N–H and O–H groups in total. The molecule has 0 radical (unpaired) electrons. The maximum Gasteiger partial charge on any atom is 0.264 e. The topological polar surface area (TPSA) is 54.4 Å². The molecule has 4 heteroatoms. The summed E-state index contributed by atoms with van der Waals surface area (Å²) in [4.78, 5) is 0. The zero-order valence-electron chi connectivity index (χ0n) is 14.3. The van der Waals surface area contributed by atoms with Gasteiger partial charge in [-0.15, -0.1) is 6.58 Å². The van der Waals surface area contributed by atoms with Crippen LogP contribution in [0.25, 0.3) is 0 Å². The van der Waals surface area contributed by atoms with Gasteiger partial charge in [-0.1, -0.05) is 83.1 Å². The molecule has 0 aromatic carbocycles. The molecule has 22 heavy (non-hydrogen) atoms. The van der Waals surface area contributed by atoms with Crippen molar-refractivity contribution in [2.45, 2.75) is 96.3 Å². The summed E-state index contributed by atoms with van der Waals surface area (Å²) in [5.41, 5.74) is 0. The predicted octanol–water partition coefficient (Wildman–Crippen LogP) is 5.91. The quantitative estimate of drug-likeness (QED) is 0.204. The fourth-order valence-electron chi connectivity index (χ4n) is 2.69. The van der Waals surface area contributed by atoms with E-state index in [1.165, 1.54) is 70.6 Å². The predicted molar refractivity (Wildman–Crippen MR) is 95.9 cm³/mol. The first-order chi connectivity index (χ1) is 10.6. The maximum atomic E-state index is 10.5. The molecule has 0 saturated carbocycles. The van der Waals surface area contributed by atoms with E-state index in [1.54, 1.807) is 0 Å². The Kier molecular flexibility index (Phi) is 15.3. The summed E-state index contributed by atoms with van der Waals surface area (Å²) in [6.07, 6.45) is 20.3. The van der Waals surface area contributed by atoms with Crippen LogP contribution < -0.4 is 0 Å². The van der Waals surface area contributed by atoms with Crippen LogP contribution in [0.15, 0.2) is 12.7 Å². The zero-order valence-corrected chi connectivity index (χ0v) is 15.1. The molecular weight excluding hydrogens is 296 g/mol. The van der Waals surface area contributed by atoms with Crippen LogP contribution in [0, 0.1) is 0 Å². The van der Waals surface area contributed by atoms with Crippen molar-refractivity contribution in [3.05, 3.63) is 12.7 Å². The van der Waals surface area contributed by atoms with Crippen LogP contribution in [-0.2, 0) is 10.1 Å². The second-order valence-electron chi connectivity index (χ2n) is 6.31. The van der Waals surface area contributed by atoms with E-state index in [0.717, 1.165) is 19.3 Å². The second-order valence-corrected chi connectivity index (χ2v) is 7.89. The van der Waals surface area contributed by atoms with Crippen molar-refractivity contribution in [3.8, 4) is 0 Å². The van der Waals surface area contributed by atoms with Gasteiger partial charge in [0.15, 0.2) is 0 Å². The Morgan fingerprint density at radius 1 is 0.636 bits per heavy atom. The van der Waals surface area contributed by atoms with Gasteiger partial charge in [-0.05, 0) is 19.3 Å². The van der Waals surface area contributed by atoms with Gasteiger partial charge in [-0.3, -0.25) is 4.55 Å². The number of hydrogen-bond acceptors (Lipinski definition) is 2. The lowest BCUT2D eigenvalue weighted by Gasteiger charge is -2.03. The molecule has 0 atom stereocenters. The Bertz CT molecular complexity index is 336. The summed E-state index contributed by atoms with van der Waals surface area (Å²) in [6.45, 7) is 3.74. The molecule has 0 spiro atoms. The molecule has 132 valence electrons. The van der Waals surface area contributed by atoms with Gasteiger partial charge in [0, 0.05) is 0 Å². The third-order valence-corrected chi connectivity index (χ3v) is 4.87. The average Bonchev–Trinajstić information content (AvgIpc) is 2.45. The molecule has 0 saturated heterocycles. The largest absolute Gasteiger partial charge is 0.286 e. The third-order valence-electron chi connectivity index (χ3n) is 4.06. The summed E-state index contributed by atoms with van der Waals surface area (Å²) in [5.74, 6) is -0.0827. The van der Waals surface area contributed by atoms with E-state index in [-0.39, 0.29) is 5.75 Å². The van der Waals surface area contributed by atoms with Gasteiger partial charge in [-0.2, -0.15) is 8.42 Å². The number of unbranched alkanes of at least 4 members (excludes halogenated alkanes) is 14. The van der Waals surface area contributed by atoms with Crippen LogP contribution in [0.2, 0.25) is 0 Å². The smallest absolute Gasteiger partial charge is 0.264 e. The molecule has 0 aliphatic carbocycles. The van der Waals surface area contributed by atoms with Crippen LogP contribution >= 0.6 is 0 Å². The minimum Gasteiger partial charge on any atom is -0.286 e. The monoisotopic (exact) mass is 332 g/mol. The van der Waals surface area contributed by atoms with E-state index >= 15 is 0 Å². The molecule has 0 aromatic rings. The first kappa shape index (κ1) is 21.6. The van der Waals surface area contributed by atoms with E-state index < -0.39 is 10.1 Å². The van der Waals surface area contributed by atoms with E-state index in [0.29, 0.717) is 6.42 Å². The highest BCUT2D eigenvalue weighted by atomic mass is 32.2. The lowest BCUT2D eigenvalue weighted by atomic mass is 10.0. The van der Waals surface area contributed by atoms with Crippen LogP contribution in [-0.4, -0.2) is 18.7 Å². The van der Waals surface area contributed by atoms with Gasteiger partial charge in [0.25, 0.3) is 10.1 Å². The van der Waals surface area contributed by atoms with Gasteiger partial charge in [0.05, 0.1) is 5.75 Å². The van der Waals surface area contributed by atoms with Gasteiger partial charge in [-0.25, -0.2) is 0 Å². The van der Waals surface area contributed by atoms with Gasteiger partial charge < -0.3 is 0 Å². The van der Waals surface area contributed by atoms with Crippen molar-refractivity contribution in [2.75, 3.05) is 5.75 Å². The summed E-state index contributed by atoms with van der Waals surface area (Å²) in [7, 11) is -3.75. The molecule has 0 aliphatic heterocycles. The standard InChI is InChI=1S/C18H36O3S/c1-2-3-4-5-6-7-8-9-10-11-12-13-14-15-16-17-18-22(19,20)21/h2H,1,3-18H2,(H,19,20,21). The first-order valence-electron chi connectivity index (χ1n) is 9.12. The SMILES string of the molecule is C=CCCCCCCCCCCCCCCCCS(=O)(=O)O. The average molecular weight is 333 g/mol. The molecule has 0 bridgehead atoms. The summed E-state index contributed by atoms with van der Waals surface area (Å²) < 4.78 is 29.7. The normalized spacial score (nSPS) is 11.7. The van der Waals surface area contributed by atoms with Crippen molar-refractivity contribution in [2.24, 2.45) is 0 Å². The van der Waals surface area contributed by atoms with Crippen molar-refractivity contribution in [1.82, 2.24) is 0 Å². The molecule has 0 unspecified atom stereocenters. The molecule has 0 aromatic heterocycles. The van der Waals surface area contributed by atoms with Gasteiger partial charge >= 0.3 is 0 Å². The minimum absolute atomic E-state index is 0.0827. The number of allylic oxidation sites excluding steroid dienone is 1. The molecule has 0 fully saturated rings. The zero-order chi connectivity index (χ0) is 16.5. The lowest BCUT2D eigenvalue weighted by molar-refractivity contribution is 0.478. The van der Waals surface area contributed by atoms with Crippen LogP contribution in [0.4, 0.5) is 0 Å². The fraction of sp³-hybridized carbons (Fsp3) is 0.889. The van der Waals surface area contributed by atoms with Gasteiger partial charge in [0.1, 0.15) is 0 Å². The Morgan fingerprint density at radius 2 is 0.955 bits per heavy atom. The lowest BCUT2D eigenvalue weighted by Crippen LogP contribution is -2.03. The van der Waals surface area contributed by atoms with Gasteiger partial charge in [0.2, 0.25) is 0 Å². The van der Waals surface area contributed by atoms with Crippen molar-refractivity contribution in [1.29, 1.82) is 0 Å². The van der Waals surface area contributed by atoms with E-state index in [2.05, 4.69) is 6.58 Å². The molecule has 0 amide bonds. The number of rotatable bonds is 17. The van der Waals surface area contributed by atoms with Crippen molar-refractivity contribution >= 4 is 10.1 Å². The van der Waals surface area contributed by atoms with Crippen molar-refractivity contribution < 1.29 is 13.0 Å². The van der Waals surface area contributed by atoms with E-state index in [9.17, 15) is 8.42 Å². The Balaban J connectivity index is 3.04. The van der Waals surface area contributed by atoms with Crippen molar-refractivity contribution in [3.63, 3.8) is 0 Å². The fourth-order valence-corrected chi connectivity index (χ4v) is 3.26. The Morgan fingerprint density at radius 3 is 1.27 bits per heavy atom. The highest BCUT2D eigenvalue weighted by Crippen LogP contribution is 2.13.